The van der Waals surface area contributed by atoms with E-state index in [0.717, 1.165) is 10.5 Å². The fourth-order valence-electron chi connectivity index (χ4n) is 3.39. The number of halogens is 1. The molecule has 7 heteroatoms. The summed E-state index contributed by atoms with van der Waals surface area (Å²) < 4.78 is 0. The maximum Gasteiger partial charge on any atom is 0.325 e. The number of benzene rings is 2. The second-order valence-corrected chi connectivity index (χ2v) is 7.26. The third-order valence-electron chi connectivity index (χ3n) is 4.82. The third kappa shape index (κ3) is 3.73. The van der Waals surface area contributed by atoms with Gasteiger partial charge in [-0.05, 0) is 36.6 Å². The quantitative estimate of drug-likeness (QED) is 0.724. The molecule has 0 saturated carbocycles. The van der Waals surface area contributed by atoms with E-state index in [1.165, 1.54) is 0 Å². The molecule has 0 spiro atoms. The topological polar surface area (TPSA) is 78.5 Å². The van der Waals surface area contributed by atoms with Gasteiger partial charge in [0, 0.05) is 10.7 Å². The summed E-state index contributed by atoms with van der Waals surface area (Å²) in [4.78, 5) is 39.1. The van der Waals surface area contributed by atoms with Crippen molar-refractivity contribution < 1.29 is 14.4 Å². The lowest BCUT2D eigenvalue weighted by molar-refractivity contribution is -0.134. The Balaban J connectivity index is 1.79. The van der Waals surface area contributed by atoms with E-state index in [1.54, 1.807) is 18.2 Å². The Morgan fingerprint density at radius 2 is 1.89 bits per heavy atom. The molecule has 6 nitrogen and oxygen atoms in total. The van der Waals surface area contributed by atoms with E-state index < -0.39 is 23.4 Å². The van der Waals surface area contributed by atoms with Crippen molar-refractivity contribution in [2.24, 2.45) is 0 Å². The number of hydrogen-bond acceptors (Lipinski definition) is 3. The molecule has 1 saturated heterocycles. The van der Waals surface area contributed by atoms with Crippen molar-refractivity contribution in [3.8, 4) is 0 Å². The van der Waals surface area contributed by atoms with E-state index in [0.29, 0.717) is 29.1 Å². The number of hydrogen-bond donors (Lipinski definition) is 2. The summed E-state index contributed by atoms with van der Waals surface area (Å²) in [5.74, 6) is -0.883. The molecule has 28 heavy (non-hydrogen) atoms. The molecule has 0 unspecified atom stereocenters. The lowest BCUT2D eigenvalue weighted by atomic mass is 9.85. The maximum atomic E-state index is 13.2. The van der Waals surface area contributed by atoms with Gasteiger partial charge < -0.3 is 10.6 Å². The highest BCUT2D eigenvalue weighted by atomic mass is 35.5. The molecule has 1 heterocycles. The zero-order valence-corrected chi connectivity index (χ0v) is 16.5. The first-order valence-electron chi connectivity index (χ1n) is 9.13. The second kappa shape index (κ2) is 8.02. The molecule has 146 valence electrons. The standard InChI is InChI=1S/C21H22ClN3O3/c1-3-11-21(15-7-5-4-6-8-15)19(27)25(20(28)24-21)13-18(26)23-16-10-9-14(2)17(22)12-16/h4-10,12H,3,11,13H2,1-2H3,(H,23,26)(H,24,28)/t21-/m1/s1. The highest BCUT2D eigenvalue weighted by molar-refractivity contribution is 6.31. The van der Waals surface area contributed by atoms with Crippen LogP contribution in [0.3, 0.4) is 0 Å². The van der Waals surface area contributed by atoms with Gasteiger partial charge in [-0.2, -0.15) is 0 Å². The lowest BCUT2D eigenvalue weighted by Crippen LogP contribution is -2.44. The Morgan fingerprint density at radius 3 is 2.54 bits per heavy atom. The summed E-state index contributed by atoms with van der Waals surface area (Å²) in [5, 5.41) is 6.01. The monoisotopic (exact) mass is 399 g/mol. The van der Waals surface area contributed by atoms with Gasteiger partial charge in [-0.3, -0.25) is 14.5 Å². The van der Waals surface area contributed by atoms with Crippen LogP contribution >= 0.6 is 11.6 Å². The first kappa shape index (κ1) is 19.9. The van der Waals surface area contributed by atoms with Crippen LogP contribution in [-0.2, 0) is 15.1 Å². The number of aryl methyl sites for hydroxylation is 1. The molecule has 4 amide bonds. The summed E-state index contributed by atoms with van der Waals surface area (Å²) in [6.07, 6.45) is 1.15. The van der Waals surface area contributed by atoms with E-state index in [2.05, 4.69) is 10.6 Å². The van der Waals surface area contributed by atoms with Crippen LogP contribution in [0.15, 0.2) is 48.5 Å². The van der Waals surface area contributed by atoms with Gasteiger partial charge in [-0.15, -0.1) is 0 Å². The average molecular weight is 400 g/mol. The van der Waals surface area contributed by atoms with Crippen LogP contribution in [0.1, 0.15) is 30.9 Å². The van der Waals surface area contributed by atoms with Crippen LogP contribution in [-0.4, -0.2) is 29.3 Å². The molecule has 0 bridgehead atoms. The molecular weight excluding hydrogens is 378 g/mol. The summed E-state index contributed by atoms with van der Waals surface area (Å²) in [7, 11) is 0. The maximum absolute atomic E-state index is 13.2. The lowest BCUT2D eigenvalue weighted by Gasteiger charge is -2.26. The van der Waals surface area contributed by atoms with Crippen molar-refractivity contribution in [1.29, 1.82) is 0 Å². The van der Waals surface area contributed by atoms with Gasteiger partial charge in [0.15, 0.2) is 0 Å². The molecule has 0 aliphatic carbocycles. The minimum absolute atomic E-state index is 0.367. The highest BCUT2D eigenvalue weighted by Gasteiger charge is 2.52. The summed E-state index contributed by atoms with van der Waals surface area (Å²) >= 11 is 6.07. The molecule has 1 aliphatic heterocycles. The number of imide groups is 1. The molecule has 3 rings (SSSR count). The fourth-order valence-corrected chi connectivity index (χ4v) is 3.57. The van der Waals surface area contributed by atoms with Gasteiger partial charge >= 0.3 is 6.03 Å². The largest absolute Gasteiger partial charge is 0.325 e. The SMILES string of the molecule is CCC[C@]1(c2ccccc2)NC(=O)N(CC(=O)Nc2ccc(C)c(Cl)c2)C1=O. The molecule has 2 aromatic rings. The predicted molar refractivity (Wildman–Crippen MR) is 108 cm³/mol. The van der Waals surface area contributed by atoms with Crippen molar-refractivity contribution >= 4 is 35.1 Å². The molecule has 1 atom stereocenters. The number of anilines is 1. The number of rotatable bonds is 6. The van der Waals surface area contributed by atoms with Crippen molar-refractivity contribution in [3.05, 3.63) is 64.7 Å². The van der Waals surface area contributed by atoms with Crippen molar-refractivity contribution in [2.45, 2.75) is 32.2 Å². The summed E-state index contributed by atoms with van der Waals surface area (Å²) in [5.41, 5.74) is 0.973. The second-order valence-electron chi connectivity index (χ2n) is 6.85. The first-order chi connectivity index (χ1) is 13.4. The van der Waals surface area contributed by atoms with Gasteiger partial charge in [0.05, 0.1) is 0 Å². The first-order valence-corrected chi connectivity index (χ1v) is 9.51. The van der Waals surface area contributed by atoms with Gasteiger partial charge in [0.25, 0.3) is 5.91 Å². The Morgan fingerprint density at radius 1 is 1.18 bits per heavy atom. The number of carbonyl (C=O) groups excluding carboxylic acids is 3. The number of nitrogens with one attached hydrogen (secondary N) is 2. The zero-order chi connectivity index (χ0) is 20.3. The number of urea groups is 1. The van der Waals surface area contributed by atoms with Crippen molar-refractivity contribution in [3.63, 3.8) is 0 Å². The van der Waals surface area contributed by atoms with Crippen LogP contribution in [0.2, 0.25) is 5.02 Å². The van der Waals surface area contributed by atoms with E-state index >= 15 is 0 Å². The van der Waals surface area contributed by atoms with Gasteiger partial charge in [0.2, 0.25) is 5.91 Å². The normalized spacial score (nSPS) is 18.9. The Hall–Kier alpha value is -2.86. The van der Waals surface area contributed by atoms with Crippen molar-refractivity contribution in [2.75, 3.05) is 11.9 Å². The van der Waals surface area contributed by atoms with E-state index in [4.69, 9.17) is 11.6 Å². The minimum atomic E-state index is -1.14. The Bertz CT molecular complexity index is 916. The van der Waals surface area contributed by atoms with Crippen LogP contribution in [0.4, 0.5) is 10.5 Å². The Labute approximate surface area is 168 Å². The van der Waals surface area contributed by atoms with Crippen LogP contribution in [0, 0.1) is 6.92 Å². The Kier molecular flexibility index (Phi) is 5.70. The summed E-state index contributed by atoms with van der Waals surface area (Å²) in [6.45, 7) is 3.44. The molecule has 0 radical (unpaired) electrons. The van der Waals surface area contributed by atoms with Gasteiger partial charge in [-0.25, -0.2) is 4.79 Å². The van der Waals surface area contributed by atoms with Crippen LogP contribution < -0.4 is 10.6 Å². The number of carbonyl (C=O) groups is 3. The molecule has 1 fully saturated rings. The number of nitrogens with zero attached hydrogens (tertiary/aromatic N) is 1. The van der Waals surface area contributed by atoms with E-state index in [-0.39, 0.29) is 6.54 Å². The highest BCUT2D eigenvalue weighted by Crippen LogP contribution is 2.33. The predicted octanol–water partition coefficient (Wildman–Crippen LogP) is 3.83. The molecular formula is C21H22ClN3O3. The molecule has 0 aromatic heterocycles. The fraction of sp³-hybridized carbons (Fsp3) is 0.286. The zero-order valence-electron chi connectivity index (χ0n) is 15.8. The summed E-state index contributed by atoms with van der Waals surface area (Å²) in [6, 6.07) is 13.7. The van der Waals surface area contributed by atoms with Crippen molar-refractivity contribution in [1.82, 2.24) is 10.2 Å². The minimum Gasteiger partial charge on any atom is -0.324 e. The molecule has 2 aromatic carbocycles. The van der Waals surface area contributed by atoms with Crippen LogP contribution in [0.25, 0.3) is 0 Å². The smallest absolute Gasteiger partial charge is 0.324 e. The third-order valence-corrected chi connectivity index (χ3v) is 5.23. The molecule has 2 N–H and O–H groups in total. The van der Waals surface area contributed by atoms with E-state index in [9.17, 15) is 14.4 Å². The van der Waals surface area contributed by atoms with Crippen LogP contribution in [0.5, 0.6) is 0 Å². The molecule has 1 aliphatic rings. The van der Waals surface area contributed by atoms with Gasteiger partial charge in [0.1, 0.15) is 12.1 Å². The average Bonchev–Trinajstić information content (AvgIpc) is 2.91. The number of amides is 4. The van der Waals surface area contributed by atoms with Gasteiger partial charge in [-0.1, -0.05) is 61.3 Å². The van der Waals surface area contributed by atoms with E-state index in [1.807, 2.05) is 44.2 Å².